The van der Waals surface area contributed by atoms with Crippen LogP contribution in [0, 0.1) is 10.1 Å². The normalized spacial score (nSPS) is 9.55. The Balaban J connectivity index is 2.86. The Morgan fingerprint density at radius 2 is 2.45 bits per heavy atom. The van der Waals surface area contributed by atoms with Crippen molar-refractivity contribution in [1.82, 2.24) is 4.98 Å². The number of hydrogen-bond donors (Lipinski definition) is 0. The zero-order chi connectivity index (χ0) is 8.27. The fourth-order valence-electron chi connectivity index (χ4n) is 0.676. The summed E-state index contributed by atoms with van der Waals surface area (Å²) in [6.45, 7) is -0.186. The molecule has 0 aliphatic heterocycles. The second-order valence-electron chi connectivity index (χ2n) is 1.94. The van der Waals surface area contributed by atoms with E-state index >= 15 is 0 Å². The average Bonchev–Trinajstić information content (AvgIpc) is 1.93. The predicted octanol–water partition coefficient (Wildman–Crippen LogP) is 1.62. The van der Waals surface area contributed by atoms with Gasteiger partial charge in [-0.3, -0.25) is 10.1 Å². The molecular weight excluding hydrogens is 212 g/mol. The van der Waals surface area contributed by atoms with Gasteiger partial charge in [0.1, 0.15) is 4.60 Å². The van der Waals surface area contributed by atoms with E-state index in [-0.39, 0.29) is 11.5 Å². The lowest BCUT2D eigenvalue weighted by molar-refractivity contribution is -0.497. The summed E-state index contributed by atoms with van der Waals surface area (Å²) in [6, 6.07) is 3.34. The van der Waals surface area contributed by atoms with Gasteiger partial charge in [0, 0.05) is 11.1 Å². The maximum atomic E-state index is 10.1. The molecule has 1 aromatic rings. The Kier molecular flexibility index (Phi) is 2.53. The fourth-order valence-corrected chi connectivity index (χ4v) is 1.05. The van der Waals surface area contributed by atoms with Crippen LogP contribution in [0.4, 0.5) is 0 Å². The molecule has 0 saturated carbocycles. The van der Waals surface area contributed by atoms with Crippen molar-refractivity contribution >= 4 is 15.9 Å². The van der Waals surface area contributed by atoms with Crippen molar-refractivity contribution in [3.63, 3.8) is 0 Å². The molecule has 1 heterocycles. The molecular formula is C6H5BrN2O2. The van der Waals surface area contributed by atoms with Crippen molar-refractivity contribution in [3.05, 3.63) is 38.6 Å². The van der Waals surface area contributed by atoms with Crippen LogP contribution in [0.3, 0.4) is 0 Å². The van der Waals surface area contributed by atoms with Gasteiger partial charge in [-0.1, -0.05) is 0 Å². The number of halogens is 1. The van der Waals surface area contributed by atoms with Gasteiger partial charge in [0.25, 0.3) is 0 Å². The van der Waals surface area contributed by atoms with Gasteiger partial charge < -0.3 is 0 Å². The quantitative estimate of drug-likeness (QED) is 0.429. The summed E-state index contributed by atoms with van der Waals surface area (Å²) in [5, 5.41) is 10.1. The van der Waals surface area contributed by atoms with Crippen molar-refractivity contribution < 1.29 is 4.92 Å². The van der Waals surface area contributed by atoms with E-state index in [1.54, 1.807) is 18.3 Å². The van der Waals surface area contributed by atoms with Crippen molar-refractivity contribution in [2.45, 2.75) is 6.54 Å². The summed E-state index contributed by atoms with van der Waals surface area (Å²) in [7, 11) is 0. The number of pyridine rings is 1. The van der Waals surface area contributed by atoms with Crippen molar-refractivity contribution in [3.8, 4) is 0 Å². The number of nitro groups is 1. The van der Waals surface area contributed by atoms with Crippen LogP contribution in [0.1, 0.15) is 5.56 Å². The molecule has 0 atom stereocenters. The van der Waals surface area contributed by atoms with Gasteiger partial charge in [0.05, 0.1) is 5.56 Å². The highest BCUT2D eigenvalue weighted by atomic mass is 79.9. The Morgan fingerprint density at radius 3 is 3.00 bits per heavy atom. The van der Waals surface area contributed by atoms with Crippen LogP contribution < -0.4 is 0 Å². The topological polar surface area (TPSA) is 56.0 Å². The summed E-state index contributed by atoms with van der Waals surface area (Å²) in [6.07, 6.45) is 1.58. The summed E-state index contributed by atoms with van der Waals surface area (Å²) in [5.74, 6) is 0. The summed E-state index contributed by atoms with van der Waals surface area (Å²) in [5.41, 5.74) is 0.595. The summed E-state index contributed by atoms with van der Waals surface area (Å²) < 4.78 is 0.539. The minimum atomic E-state index is -0.387. The highest BCUT2D eigenvalue weighted by Gasteiger charge is 2.05. The predicted molar refractivity (Wildman–Crippen MR) is 42.6 cm³/mol. The Morgan fingerprint density at radius 1 is 1.73 bits per heavy atom. The molecule has 0 spiro atoms. The minimum absolute atomic E-state index is 0.186. The SMILES string of the molecule is O=[N+]([O-])Cc1cccnc1Br. The zero-order valence-electron chi connectivity index (χ0n) is 5.53. The first-order chi connectivity index (χ1) is 5.20. The number of hydrogen-bond acceptors (Lipinski definition) is 3. The first-order valence-electron chi connectivity index (χ1n) is 2.91. The average molecular weight is 217 g/mol. The highest BCUT2D eigenvalue weighted by Crippen LogP contribution is 2.12. The Labute approximate surface area is 71.5 Å². The molecule has 0 aliphatic carbocycles. The van der Waals surface area contributed by atoms with E-state index in [0.717, 1.165) is 0 Å². The molecule has 0 amide bonds. The van der Waals surface area contributed by atoms with Crippen LogP contribution in [0.15, 0.2) is 22.9 Å². The largest absolute Gasteiger partial charge is 0.264 e. The third-order valence-corrected chi connectivity index (χ3v) is 1.85. The molecule has 4 nitrogen and oxygen atoms in total. The third-order valence-electron chi connectivity index (χ3n) is 1.14. The smallest absolute Gasteiger partial charge is 0.231 e. The molecule has 1 aromatic heterocycles. The van der Waals surface area contributed by atoms with E-state index in [0.29, 0.717) is 10.2 Å². The molecule has 5 heteroatoms. The standard InChI is InChI=1S/C6H5BrN2O2/c7-6-5(4-9(10)11)2-1-3-8-6/h1-3H,4H2. The van der Waals surface area contributed by atoms with Gasteiger partial charge in [0.2, 0.25) is 6.54 Å². The maximum absolute atomic E-state index is 10.1. The first kappa shape index (κ1) is 8.13. The van der Waals surface area contributed by atoms with E-state index in [9.17, 15) is 10.1 Å². The summed E-state index contributed by atoms with van der Waals surface area (Å²) in [4.78, 5) is 13.5. The molecule has 0 fully saturated rings. The molecule has 1 rings (SSSR count). The van der Waals surface area contributed by atoms with E-state index in [2.05, 4.69) is 20.9 Å². The lowest BCUT2D eigenvalue weighted by atomic mass is 10.3. The minimum Gasteiger partial charge on any atom is -0.264 e. The van der Waals surface area contributed by atoms with Crippen LogP contribution >= 0.6 is 15.9 Å². The number of nitrogens with zero attached hydrogens (tertiary/aromatic N) is 2. The number of rotatable bonds is 2. The molecule has 0 radical (unpaired) electrons. The van der Waals surface area contributed by atoms with Crippen LogP contribution in [0.25, 0.3) is 0 Å². The highest BCUT2D eigenvalue weighted by molar-refractivity contribution is 9.10. The molecule has 0 aromatic carbocycles. The van der Waals surface area contributed by atoms with Gasteiger partial charge >= 0.3 is 0 Å². The zero-order valence-corrected chi connectivity index (χ0v) is 7.11. The van der Waals surface area contributed by atoms with Gasteiger partial charge in [-0.05, 0) is 28.1 Å². The van der Waals surface area contributed by atoms with Crippen LogP contribution in [-0.2, 0) is 6.54 Å². The van der Waals surface area contributed by atoms with Crippen LogP contribution in [-0.4, -0.2) is 9.91 Å². The molecule has 0 N–H and O–H groups in total. The molecule has 0 bridgehead atoms. The first-order valence-corrected chi connectivity index (χ1v) is 3.70. The van der Waals surface area contributed by atoms with Gasteiger partial charge in [-0.25, -0.2) is 4.98 Å². The van der Waals surface area contributed by atoms with Crippen LogP contribution in [0.2, 0.25) is 0 Å². The molecule has 0 saturated heterocycles. The van der Waals surface area contributed by atoms with Gasteiger partial charge in [-0.2, -0.15) is 0 Å². The number of aromatic nitrogens is 1. The van der Waals surface area contributed by atoms with Crippen molar-refractivity contribution in [2.75, 3.05) is 0 Å². The van der Waals surface area contributed by atoms with E-state index in [4.69, 9.17) is 0 Å². The second kappa shape index (κ2) is 3.43. The molecule has 0 unspecified atom stereocenters. The van der Waals surface area contributed by atoms with Crippen molar-refractivity contribution in [2.24, 2.45) is 0 Å². The van der Waals surface area contributed by atoms with Gasteiger partial charge in [0.15, 0.2) is 0 Å². The van der Waals surface area contributed by atoms with Crippen molar-refractivity contribution in [1.29, 1.82) is 0 Å². The lowest BCUT2D eigenvalue weighted by Gasteiger charge is -1.95. The Bertz CT molecular complexity index is 277. The van der Waals surface area contributed by atoms with Gasteiger partial charge in [-0.15, -0.1) is 0 Å². The van der Waals surface area contributed by atoms with E-state index in [1.165, 1.54) is 0 Å². The molecule has 0 aliphatic rings. The lowest BCUT2D eigenvalue weighted by Crippen LogP contribution is -1.99. The van der Waals surface area contributed by atoms with E-state index in [1.807, 2.05) is 0 Å². The summed E-state index contributed by atoms with van der Waals surface area (Å²) >= 11 is 3.11. The molecule has 11 heavy (non-hydrogen) atoms. The molecule has 58 valence electrons. The fraction of sp³-hybridized carbons (Fsp3) is 0.167. The maximum Gasteiger partial charge on any atom is 0.231 e. The van der Waals surface area contributed by atoms with E-state index < -0.39 is 0 Å². The second-order valence-corrected chi connectivity index (χ2v) is 2.70. The monoisotopic (exact) mass is 216 g/mol. The van der Waals surface area contributed by atoms with Crippen LogP contribution in [0.5, 0.6) is 0 Å². The Hall–Kier alpha value is -0.970. The third kappa shape index (κ3) is 2.27.